The van der Waals surface area contributed by atoms with Crippen LogP contribution in [0.2, 0.25) is 5.02 Å². The van der Waals surface area contributed by atoms with Gasteiger partial charge in [0.25, 0.3) is 5.91 Å². The molecule has 2 aromatic carbocycles. The van der Waals surface area contributed by atoms with E-state index in [0.29, 0.717) is 35.8 Å². The molecule has 2 aromatic rings. The smallest absolute Gasteiger partial charge is 0.341 e. The number of hydrazone groups is 1. The highest BCUT2D eigenvalue weighted by molar-refractivity contribution is 6.32. The number of carboxylic acid groups (broad SMARTS) is 1. The Morgan fingerprint density at radius 3 is 2.57 bits per heavy atom. The number of carbonyl (C=O) groups excluding carboxylic acids is 1. The van der Waals surface area contributed by atoms with Crippen molar-refractivity contribution >= 4 is 29.7 Å². The van der Waals surface area contributed by atoms with Crippen LogP contribution in [0.1, 0.15) is 22.8 Å². The zero-order chi connectivity index (χ0) is 21.9. The molecule has 0 aliphatic rings. The molecule has 0 bridgehead atoms. The van der Waals surface area contributed by atoms with Crippen LogP contribution in [0, 0.1) is 0 Å². The summed E-state index contributed by atoms with van der Waals surface area (Å²) >= 11 is 6.05. The monoisotopic (exact) mass is 432 g/mol. The number of carbonyl (C=O) groups is 2. The van der Waals surface area contributed by atoms with E-state index in [-0.39, 0.29) is 10.8 Å². The number of aliphatic carboxylic acids is 1. The van der Waals surface area contributed by atoms with E-state index in [1.165, 1.54) is 18.3 Å². The summed E-state index contributed by atoms with van der Waals surface area (Å²) in [5.74, 6) is -0.346. The third-order valence-corrected chi connectivity index (χ3v) is 3.84. The molecule has 0 saturated heterocycles. The second kappa shape index (κ2) is 11.5. The van der Waals surface area contributed by atoms with Crippen molar-refractivity contribution in [3.05, 3.63) is 65.2 Å². The quantitative estimate of drug-likeness (QED) is 0.319. The molecule has 0 aliphatic carbocycles. The van der Waals surface area contributed by atoms with Crippen LogP contribution in [0.3, 0.4) is 0 Å². The van der Waals surface area contributed by atoms with Gasteiger partial charge in [0.1, 0.15) is 12.4 Å². The molecule has 9 heteroatoms. The minimum atomic E-state index is -1.10. The second-order valence-corrected chi connectivity index (χ2v) is 6.17. The van der Waals surface area contributed by atoms with Crippen LogP contribution in [0.4, 0.5) is 0 Å². The van der Waals surface area contributed by atoms with Gasteiger partial charge in [-0.1, -0.05) is 24.3 Å². The summed E-state index contributed by atoms with van der Waals surface area (Å²) in [6.07, 6.45) is 3.01. The van der Waals surface area contributed by atoms with Gasteiger partial charge in [-0.2, -0.15) is 5.10 Å². The molecule has 0 spiro atoms. The lowest BCUT2D eigenvalue weighted by Crippen LogP contribution is -2.17. The normalized spacial score (nSPS) is 10.5. The highest BCUT2D eigenvalue weighted by atomic mass is 35.5. The van der Waals surface area contributed by atoms with E-state index in [1.807, 2.05) is 6.92 Å². The van der Waals surface area contributed by atoms with Crippen molar-refractivity contribution in [2.24, 2.45) is 5.10 Å². The summed E-state index contributed by atoms with van der Waals surface area (Å²) in [7, 11) is 0. The first kappa shape index (κ1) is 22.8. The highest BCUT2D eigenvalue weighted by Gasteiger charge is 2.11. The second-order valence-electron chi connectivity index (χ2n) is 5.77. The van der Waals surface area contributed by atoms with E-state index in [0.717, 1.165) is 0 Å². The van der Waals surface area contributed by atoms with E-state index in [9.17, 15) is 9.59 Å². The maximum absolute atomic E-state index is 12.3. The summed E-state index contributed by atoms with van der Waals surface area (Å²) < 4.78 is 16.1. The minimum absolute atomic E-state index is 0.225. The summed E-state index contributed by atoms with van der Waals surface area (Å²) in [4.78, 5) is 22.9. The fraction of sp³-hybridized carbons (Fsp3) is 0.190. The zero-order valence-corrected chi connectivity index (χ0v) is 17.0. The molecule has 0 aromatic heterocycles. The number of amides is 1. The molecule has 0 fully saturated rings. The number of rotatable bonds is 11. The zero-order valence-electron chi connectivity index (χ0n) is 16.3. The Morgan fingerprint density at radius 1 is 1.13 bits per heavy atom. The molecule has 0 radical (unpaired) electrons. The fourth-order valence-electron chi connectivity index (χ4n) is 2.27. The van der Waals surface area contributed by atoms with Gasteiger partial charge in [-0.05, 0) is 48.9 Å². The largest absolute Gasteiger partial charge is 0.490 e. The number of ether oxygens (including phenoxy) is 3. The van der Waals surface area contributed by atoms with Crippen molar-refractivity contribution in [2.75, 3.05) is 19.8 Å². The number of hydrogen-bond donors (Lipinski definition) is 2. The van der Waals surface area contributed by atoms with E-state index < -0.39 is 18.5 Å². The molecule has 30 heavy (non-hydrogen) atoms. The fourth-order valence-corrected chi connectivity index (χ4v) is 2.51. The maximum Gasteiger partial charge on any atom is 0.341 e. The Morgan fingerprint density at radius 2 is 1.90 bits per heavy atom. The van der Waals surface area contributed by atoms with Gasteiger partial charge in [-0.15, -0.1) is 0 Å². The molecular formula is C21H21ClN2O6. The number of nitrogens with one attached hydrogen (secondary N) is 1. The van der Waals surface area contributed by atoms with Crippen LogP contribution in [0.5, 0.6) is 17.2 Å². The predicted molar refractivity (Wildman–Crippen MR) is 113 cm³/mol. The molecule has 158 valence electrons. The number of halogens is 1. The average molecular weight is 433 g/mol. The molecule has 0 atom stereocenters. The third kappa shape index (κ3) is 6.82. The van der Waals surface area contributed by atoms with Gasteiger partial charge >= 0.3 is 5.97 Å². The Balaban J connectivity index is 2.03. The third-order valence-electron chi connectivity index (χ3n) is 3.55. The first-order chi connectivity index (χ1) is 14.4. The van der Waals surface area contributed by atoms with E-state index in [2.05, 4.69) is 17.1 Å². The summed E-state index contributed by atoms with van der Waals surface area (Å²) in [5, 5.41) is 12.8. The molecule has 0 saturated carbocycles. The molecule has 0 aliphatic heterocycles. The van der Waals surface area contributed by atoms with Gasteiger partial charge in [0, 0.05) is 5.56 Å². The maximum atomic E-state index is 12.3. The first-order valence-corrected chi connectivity index (χ1v) is 9.30. The van der Waals surface area contributed by atoms with Crippen molar-refractivity contribution in [3.63, 3.8) is 0 Å². The topological polar surface area (TPSA) is 106 Å². The SMILES string of the molecule is C=CCOc1ccc(C(=O)N/N=C/c2ccc(OCC(=O)O)c(Cl)c2)cc1OCC. The number of benzene rings is 2. The minimum Gasteiger partial charge on any atom is -0.490 e. The standard InChI is InChI=1S/C21H21ClN2O6/c1-3-9-29-18-8-6-15(11-19(18)28-4-2)21(27)24-23-12-14-5-7-17(16(22)10-14)30-13-20(25)26/h3,5-8,10-12H,1,4,9,13H2,2H3,(H,24,27)(H,25,26)/b23-12+. The van der Waals surface area contributed by atoms with E-state index in [1.54, 1.807) is 30.3 Å². The first-order valence-electron chi connectivity index (χ1n) is 8.92. The molecule has 0 heterocycles. The van der Waals surface area contributed by atoms with Crippen LogP contribution in [-0.4, -0.2) is 43.0 Å². The Labute approximate surface area is 178 Å². The summed E-state index contributed by atoms with van der Waals surface area (Å²) in [6, 6.07) is 9.48. The van der Waals surface area contributed by atoms with Crippen molar-refractivity contribution in [3.8, 4) is 17.2 Å². The Hall–Kier alpha value is -3.52. The van der Waals surface area contributed by atoms with Gasteiger partial charge in [0.05, 0.1) is 17.8 Å². The van der Waals surface area contributed by atoms with Crippen molar-refractivity contribution in [1.29, 1.82) is 0 Å². The van der Waals surface area contributed by atoms with Crippen LogP contribution < -0.4 is 19.6 Å². The molecule has 0 unspecified atom stereocenters. The van der Waals surface area contributed by atoms with Crippen molar-refractivity contribution in [1.82, 2.24) is 5.43 Å². The van der Waals surface area contributed by atoms with Gasteiger partial charge in [0.2, 0.25) is 0 Å². The van der Waals surface area contributed by atoms with E-state index in [4.69, 9.17) is 30.9 Å². The average Bonchev–Trinajstić information content (AvgIpc) is 2.72. The number of nitrogens with zero attached hydrogens (tertiary/aromatic N) is 1. The predicted octanol–water partition coefficient (Wildman–Crippen LogP) is 3.53. The Bertz CT molecular complexity index is 945. The van der Waals surface area contributed by atoms with Crippen LogP contribution in [-0.2, 0) is 4.79 Å². The van der Waals surface area contributed by atoms with Crippen molar-refractivity contribution < 1.29 is 28.9 Å². The number of carboxylic acids is 1. The lowest BCUT2D eigenvalue weighted by Gasteiger charge is -2.12. The highest BCUT2D eigenvalue weighted by Crippen LogP contribution is 2.28. The van der Waals surface area contributed by atoms with Gasteiger partial charge in [0.15, 0.2) is 18.1 Å². The lowest BCUT2D eigenvalue weighted by molar-refractivity contribution is -0.139. The molecule has 2 rings (SSSR count). The van der Waals surface area contributed by atoms with Gasteiger partial charge < -0.3 is 19.3 Å². The molecule has 8 nitrogen and oxygen atoms in total. The van der Waals surface area contributed by atoms with E-state index >= 15 is 0 Å². The summed E-state index contributed by atoms with van der Waals surface area (Å²) in [5.41, 5.74) is 3.35. The molecular weight excluding hydrogens is 412 g/mol. The number of hydrogen-bond acceptors (Lipinski definition) is 6. The van der Waals surface area contributed by atoms with Gasteiger partial charge in [-0.25, -0.2) is 10.2 Å². The van der Waals surface area contributed by atoms with Crippen LogP contribution in [0.25, 0.3) is 0 Å². The van der Waals surface area contributed by atoms with Crippen LogP contribution in [0.15, 0.2) is 54.2 Å². The molecule has 2 N–H and O–H groups in total. The Kier molecular flexibility index (Phi) is 8.71. The van der Waals surface area contributed by atoms with Crippen molar-refractivity contribution in [2.45, 2.75) is 6.92 Å². The summed E-state index contributed by atoms with van der Waals surface area (Å²) in [6.45, 7) is 5.67. The van der Waals surface area contributed by atoms with Crippen LogP contribution >= 0.6 is 11.6 Å². The lowest BCUT2D eigenvalue weighted by atomic mass is 10.2. The van der Waals surface area contributed by atoms with Gasteiger partial charge in [-0.3, -0.25) is 4.79 Å². The molecule has 1 amide bonds.